The molecule has 8 heteroatoms. The summed E-state index contributed by atoms with van der Waals surface area (Å²) in [6, 6.07) is 5.27. The SMILES string of the molecule is Cl.Cn1c(C(=O)N2CC3CCC(N)C3C2)cc2cc(C(F)(F)F)ccc21. The van der Waals surface area contributed by atoms with E-state index in [2.05, 4.69) is 0 Å². The van der Waals surface area contributed by atoms with Gasteiger partial charge in [0.15, 0.2) is 0 Å². The molecule has 1 aromatic heterocycles. The quantitative estimate of drug-likeness (QED) is 0.815. The molecule has 2 N–H and O–H groups in total. The lowest BCUT2D eigenvalue weighted by Gasteiger charge is -2.19. The maximum absolute atomic E-state index is 12.9. The first-order valence-electron chi connectivity index (χ1n) is 8.47. The molecular weight excluding hydrogens is 367 g/mol. The number of fused-ring (bicyclic) bond motifs is 2. The van der Waals surface area contributed by atoms with Crippen molar-refractivity contribution in [1.29, 1.82) is 0 Å². The normalized spacial score (nSPS) is 25.4. The van der Waals surface area contributed by atoms with Gasteiger partial charge in [0.25, 0.3) is 5.91 Å². The molecular formula is C18H21ClF3N3O. The molecule has 1 aliphatic carbocycles. The summed E-state index contributed by atoms with van der Waals surface area (Å²) >= 11 is 0. The third-order valence-electron chi connectivity index (χ3n) is 5.79. The first-order valence-corrected chi connectivity index (χ1v) is 8.47. The number of nitrogens with zero attached hydrogens (tertiary/aromatic N) is 2. The molecule has 2 aliphatic rings. The van der Waals surface area contributed by atoms with E-state index in [9.17, 15) is 18.0 Å². The van der Waals surface area contributed by atoms with Crippen molar-refractivity contribution < 1.29 is 18.0 Å². The number of hydrogen-bond donors (Lipinski definition) is 1. The van der Waals surface area contributed by atoms with Gasteiger partial charge in [-0.15, -0.1) is 12.4 Å². The molecule has 2 fully saturated rings. The highest BCUT2D eigenvalue weighted by Crippen LogP contribution is 2.38. The number of halogens is 4. The van der Waals surface area contributed by atoms with Gasteiger partial charge in [-0.2, -0.15) is 13.2 Å². The molecule has 3 atom stereocenters. The molecule has 142 valence electrons. The van der Waals surface area contributed by atoms with Crippen molar-refractivity contribution in [3.05, 3.63) is 35.5 Å². The van der Waals surface area contributed by atoms with Crippen LogP contribution in [0.3, 0.4) is 0 Å². The lowest BCUT2D eigenvalue weighted by atomic mass is 9.98. The summed E-state index contributed by atoms with van der Waals surface area (Å²) in [6.45, 7) is 1.33. The van der Waals surface area contributed by atoms with E-state index in [0.29, 0.717) is 41.5 Å². The van der Waals surface area contributed by atoms with Crippen molar-refractivity contribution >= 4 is 29.2 Å². The minimum absolute atomic E-state index is 0. The Hall–Kier alpha value is -1.73. The van der Waals surface area contributed by atoms with Crippen LogP contribution < -0.4 is 5.73 Å². The summed E-state index contributed by atoms with van der Waals surface area (Å²) in [4.78, 5) is 14.7. The van der Waals surface area contributed by atoms with Crippen molar-refractivity contribution in [2.75, 3.05) is 13.1 Å². The number of rotatable bonds is 1. The molecule has 4 rings (SSSR count). The molecule has 0 radical (unpaired) electrons. The van der Waals surface area contributed by atoms with Crippen molar-refractivity contribution in [3.8, 4) is 0 Å². The molecule has 0 bridgehead atoms. The highest BCUT2D eigenvalue weighted by molar-refractivity contribution is 5.99. The number of alkyl halides is 3. The fourth-order valence-electron chi connectivity index (χ4n) is 4.37. The zero-order valence-corrected chi connectivity index (χ0v) is 15.1. The van der Waals surface area contributed by atoms with Crippen LogP contribution in [-0.2, 0) is 13.2 Å². The highest BCUT2D eigenvalue weighted by Gasteiger charge is 2.43. The Morgan fingerprint density at radius 2 is 1.92 bits per heavy atom. The van der Waals surface area contributed by atoms with Crippen LogP contribution in [0, 0.1) is 11.8 Å². The van der Waals surface area contributed by atoms with Gasteiger partial charge in [-0.3, -0.25) is 4.79 Å². The van der Waals surface area contributed by atoms with E-state index in [4.69, 9.17) is 5.73 Å². The van der Waals surface area contributed by atoms with Gasteiger partial charge in [-0.1, -0.05) is 0 Å². The van der Waals surface area contributed by atoms with Crippen LogP contribution in [0.5, 0.6) is 0 Å². The lowest BCUT2D eigenvalue weighted by Crippen LogP contribution is -2.34. The second-order valence-corrected chi connectivity index (χ2v) is 7.24. The summed E-state index contributed by atoms with van der Waals surface area (Å²) in [5, 5.41) is 0.428. The molecule has 1 saturated heterocycles. The largest absolute Gasteiger partial charge is 0.416 e. The molecule has 0 spiro atoms. The second kappa shape index (κ2) is 6.46. The Labute approximate surface area is 155 Å². The summed E-state index contributed by atoms with van der Waals surface area (Å²) in [7, 11) is 1.71. The molecule has 1 aliphatic heterocycles. The smallest absolute Gasteiger partial charge is 0.340 e. The van der Waals surface area contributed by atoms with Gasteiger partial charge in [-0.25, -0.2) is 0 Å². The van der Waals surface area contributed by atoms with E-state index >= 15 is 0 Å². The van der Waals surface area contributed by atoms with Crippen molar-refractivity contribution in [2.24, 2.45) is 24.6 Å². The summed E-state index contributed by atoms with van der Waals surface area (Å²) in [5.41, 5.74) is 6.45. The zero-order chi connectivity index (χ0) is 17.9. The van der Waals surface area contributed by atoms with E-state index in [1.807, 2.05) is 0 Å². The van der Waals surface area contributed by atoms with Gasteiger partial charge < -0.3 is 15.2 Å². The van der Waals surface area contributed by atoms with E-state index in [0.717, 1.165) is 25.0 Å². The van der Waals surface area contributed by atoms with Crippen LogP contribution in [0.4, 0.5) is 13.2 Å². The first-order chi connectivity index (χ1) is 11.8. The molecule has 4 nitrogen and oxygen atoms in total. The Morgan fingerprint density at radius 1 is 1.19 bits per heavy atom. The van der Waals surface area contributed by atoms with Gasteiger partial charge in [0.05, 0.1) is 5.56 Å². The summed E-state index contributed by atoms with van der Waals surface area (Å²) in [6.07, 6.45) is -2.35. The molecule has 2 heterocycles. The van der Waals surface area contributed by atoms with Crippen LogP contribution in [0.25, 0.3) is 10.9 Å². The predicted molar refractivity (Wildman–Crippen MR) is 95.3 cm³/mol. The minimum Gasteiger partial charge on any atom is -0.340 e. The number of carbonyl (C=O) groups is 1. The third-order valence-corrected chi connectivity index (χ3v) is 5.79. The van der Waals surface area contributed by atoms with E-state index < -0.39 is 11.7 Å². The Kier molecular flexibility index (Phi) is 4.73. The topological polar surface area (TPSA) is 51.3 Å². The van der Waals surface area contributed by atoms with Gasteiger partial charge in [0.2, 0.25) is 0 Å². The monoisotopic (exact) mass is 387 g/mol. The lowest BCUT2D eigenvalue weighted by molar-refractivity contribution is -0.137. The van der Waals surface area contributed by atoms with E-state index in [1.165, 1.54) is 6.07 Å². The van der Waals surface area contributed by atoms with Crippen molar-refractivity contribution in [3.63, 3.8) is 0 Å². The standard InChI is InChI=1S/C18H20F3N3O.ClH/c1-23-15-5-3-12(18(19,20)21)6-11(15)7-16(23)17(25)24-8-10-2-4-14(22)13(10)9-24;/h3,5-7,10,13-14H,2,4,8-9,22H2,1H3;1H. The number of aryl methyl sites for hydroxylation is 1. The van der Waals surface area contributed by atoms with E-state index in [1.54, 1.807) is 22.6 Å². The number of carbonyl (C=O) groups excluding carboxylic acids is 1. The molecule has 1 saturated carbocycles. The average Bonchev–Trinajstić information content (AvgIpc) is 3.21. The van der Waals surface area contributed by atoms with Crippen LogP contribution in [0.15, 0.2) is 24.3 Å². The summed E-state index contributed by atoms with van der Waals surface area (Å²) in [5.74, 6) is 0.662. The Balaban J connectivity index is 0.00000196. The molecule has 1 aromatic carbocycles. The van der Waals surface area contributed by atoms with E-state index in [-0.39, 0.29) is 24.4 Å². The van der Waals surface area contributed by atoms with Gasteiger partial charge in [0, 0.05) is 37.1 Å². The van der Waals surface area contributed by atoms with Crippen molar-refractivity contribution in [2.45, 2.75) is 25.1 Å². The fraction of sp³-hybridized carbons (Fsp3) is 0.500. The number of nitrogens with two attached hydrogens (primary N) is 1. The van der Waals surface area contributed by atoms with Crippen LogP contribution in [-0.4, -0.2) is 34.5 Å². The number of likely N-dealkylation sites (tertiary alicyclic amines) is 1. The third kappa shape index (κ3) is 2.97. The number of hydrogen-bond acceptors (Lipinski definition) is 2. The molecule has 3 unspecified atom stereocenters. The highest BCUT2D eigenvalue weighted by atomic mass is 35.5. The number of benzene rings is 1. The van der Waals surface area contributed by atoms with Crippen LogP contribution in [0.1, 0.15) is 28.9 Å². The molecule has 1 amide bonds. The van der Waals surface area contributed by atoms with Gasteiger partial charge in [0.1, 0.15) is 5.69 Å². The minimum atomic E-state index is -4.39. The number of aromatic nitrogens is 1. The summed E-state index contributed by atoms with van der Waals surface area (Å²) < 4.78 is 40.4. The van der Waals surface area contributed by atoms with Crippen LogP contribution >= 0.6 is 12.4 Å². The number of amides is 1. The Morgan fingerprint density at radius 3 is 2.58 bits per heavy atom. The van der Waals surface area contributed by atoms with Gasteiger partial charge >= 0.3 is 6.18 Å². The Bertz CT molecular complexity index is 848. The maximum Gasteiger partial charge on any atom is 0.416 e. The fourth-order valence-corrected chi connectivity index (χ4v) is 4.37. The van der Waals surface area contributed by atoms with Gasteiger partial charge in [-0.05, 0) is 48.9 Å². The second-order valence-electron chi connectivity index (χ2n) is 7.24. The van der Waals surface area contributed by atoms with Crippen LogP contribution in [0.2, 0.25) is 0 Å². The molecule has 2 aromatic rings. The maximum atomic E-state index is 12.9. The van der Waals surface area contributed by atoms with Crippen molar-refractivity contribution in [1.82, 2.24) is 9.47 Å². The molecule has 26 heavy (non-hydrogen) atoms. The average molecular weight is 388 g/mol. The predicted octanol–water partition coefficient (Wildman–Crippen LogP) is 3.43. The first kappa shape index (κ1) is 19.0. The zero-order valence-electron chi connectivity index (χ0n) is 14.3.